The van der Waals surface area contributed by atoms with Gasteiger partial charge in [0.2, 0.25) is 0 Å². The van der Waals surface area contributed by atoms with Crippen molar-refractivity contribution < 1.29 is 4.74 Å². The van der Waals surface area contributed by atoms with E-state index in [4.69, 9.17) is 4.74 Å². The molecule has 1 heterocycles. The van der Waals surface area contributed by atoms with Crippen molar-refractivity contribution in [2.75, 3.05) is 20.3 Å². The van der Waals surface area contributed by atoms with Crippen LogP contribution in [0.2, 0.25) is 0 Å². The maximum atomic E-state index is 4.98. The highest BCUT2D eigenvalue weighted by Gasteiger charge is 2.02. The lowest BCUT2D eigenvalue weighted by molar-refractivity contribution is 0.202. The zero-order valence-electron chi connectivity index (χ0n) is 8.75. The van der Waals surface area contributed by atoms with Crippen molar-refractivity contribution in [3.63, 3.8) is 0 Å². The number of rotatable bonds is 7. The Labute approximate surface area is 88.7 Å². The second kappa shape index (κ2) is 6.86. The zero-order chi connectivity index (χ0) is 10.2. The molecule has 80 valence electrons. The molecule has 0 saturated heterocycles. The number of aromatic nitrogens is 2. The quantitative estimate of drug-likeness (QED) is 0.695. The summed E-state index contributed by atoms with van der Waals surface area (Å²) in [6.45, 7) is 4.74. The molecule has 4 nitrogen and oxygen atoms in total. The van der Waals surface area contributed by atoms with Gasteiger partial charge in [-0.3, -0.25) is 0 Å². The first-order valence-corrected chi connectivity index (χ1v) is 5.69. The van der Waals surface area contributed by atoms with E-state index in [2.05, 4.69) is 22.4 Å². The molecule has 0 spiro atoms. The normalized spacial score (nSPS) is 10.7. The van der Waals surface area contributed by atoms with E-state index in [9.17, 15) is 0 Å². The number of nitrogens with one attached hydrogen (secondary N) is 1. The monoisotopic (exact) mass is 215 g/mol. The summed E-state index contributed by atoms with van der Waals surface area (Å²) >= 11 is 1.66. The van der Waals surface area contributed by atoms with Crippen LogP contribution in [0, 0.1) is 0 Å². The maximum Gasteiger partial charge on any atom is 0.131 e. The van der Waals surface area contributed by atoms with Crippen LogP contribution in [0.1, 0.15) is 23.4 Å². The summed E-state index contributed by atoms with van der Waals surface area (Å²) in [5.74, 6) is 0. The van der Waals surface area contributed by atoms with Crippen LogP contribution in [-0.4, -0.2) is 30.5 Å². The van der Waals surface area contributed by atoms with Gasteiger partial charge in [0.15, 0.2) is 0 Å². The molecule has 0 atom stereocenters. The lowest BCUT2D eigenvalue weighted by atomic mass is 10.5. The molecule has 1 aromatic heterocycles. The van der Waals surface area contributed by atoms with Crippen molar-refractivity contribution in [3.05, 3.63) is 10.0 Å². The Hall–Kier alpha value is -0.520. The summed E-state index contributed by atoms with van der Waals surface area (Å²) in [6, 6.07) is 0. The van der Waals surface area contributed by atoms with Crippen molar-refractivity contribution in [2.24, 2.45) is 0 Å². The number of ether oxygens (including phenoxy) is 1. The van der Waals surface area contributed by atoms with Gasteiger partial charge in [0.1, 0.15) is 10.0 Å². The molecule has 0 radical (unpaired) electrons. The lowest BCUT2D eigenvalue weighted by Crippen LogP contribution is -2.13. The van der Waals surface area contributed by atoms with Crippen LogP contribution in [0.25, 0.3) is 0 Å². The average Bonchev–Trinajstić information content (AvgIpc) is 2.63. The highest BCUT2D eigenvalue weighted by molar-refractivity contribution is 7.11. The topological polar surface area (TPSA) is 47.0 Å². The molecular weight excluding hydrogens is 198 g/mol. The highest BCUT2D eigenvalue weighted by Crippen LogP contribution is 2.09. The third kappa shape index (κ3) is 4.13. The van der Waals surface area contributed by atoms with Crippen LogP contribution < -0.4 is 5.32 Å². The van der Waals surface area contributed by atoms with Crippen LogP contribution in [0.15, 0.2) is 0 Å². The molecule has 0 amide bonds. The molecule has 14 heavy (non-hydrogen) atoms. The summed E-state index contributed by atoms with van der Waals surface area (Å²) < 4.78 is 4.98. The second-order valence-electron chi connectivity index (χ2n) is 3.01. The molecular formula is C9H17N3OS. The van der Waals surface area contributed by atoms with Gasteiger partial charge in [-0.25, -0.2) is 0 Å². The standard InChI is InChI=1S/C9H17N3OS/c1-3-5-10-7-9-12-11-8(14-9)4-6-13-2/h10H,3-7H2,1-2H3. The second-order valence-corrected chi connectivity index (χ2v) is 4.16. The van der Waals surface area contributed by atoms with E-state index < -0.39 is 0 Å². The summed E-state index contributed by atoms with van der Waals surface area (Å²) in [4.78, 5) is 0. The van der Waals surface area contributed by atoms with E-state index in [0.29, 0.717) is 0 Å². The molecule has 0 aliphatic heterocycles. The highest BCUT2D eigenvalue weighted by atomic mass is 32.1. The van der Waals surface area contributed by atoms with E-state index >= 15 is 0 Å². The van der Waals surface area contributed by atoms with E-state index in [1.165, 1.54) is 0 Å². The molecule has 5 heteroatoms. The molecule has 1 N–H and O–H groups in total. The van der Waals surface area contributed by atoms with E-state index in [1.54, 1.807) is 18.4 Å². The van der Waals surface area contributed by atoms with Crippen molar-refractivity contribution in [1.29, 1.82) is 0 Å². The molecule has 0 unspecified atom stereocenters. The van der Waals surface area contributed by atoms with E-state index in [0.717, 1.165) is 42.6 Å². The maximum absolute atomic E-state index is 4.98. The number of hydrogen-bond donors (Lipinski definition) is 1. The van der Waals surface area contributed by atoms with Crippen molar-refractivity contribution in [3.8, 4) is 0 Å². The predicted molar refractivity (Wildman–Crippen MR) is 57.5 cm³/mol. The minimum atomic E-state index is 0.719. The Bertz CT molecular complexity index is 252. The van der Waals surface area contributed by atoms with Gasteiger partial charge in [0.05, 0.1) is 6.61 Å². The summed E-state index contributed by atoms with van der Waals surface area (Å²) in [5.41, 5.74) is 0. The fourth-order valence-corrected chi connectivity index (χ4v) is 1.82. The molecule has 1 rings (SSSR count). The summed E-state index contributed by atoms with van der Waals surface area (Å²) in [6.07, 6.45) is 2.01. The number of methoxy groups -OCH3 is 1. The largest absolute Gasteiger partial charge is 0.384 e. The van der Waals surface area contributed by atoms with E-state index in [1.807, 2.05) is 0 Å². The van der Waals surface area contributed by atoms with Crippen LogP contribution >= 0.6 is 11.3 Å². The third-order valence-electron chi connectivity index (χ3n) is 1.73. The Morgan fingerprint density at radius 3 is 2.86 bits per heavy atom. The van der Waals surface area contributed by atoms with Gasteiger partial charge in [-0.2, -0.15) is 0 Å². The Morgan fingerprint density at radius 1 is 1.36 bits per heavy atom. The van der Waals surface area contributed by atoms with Crippen LogP contribution in [0.3, 0.4) is 0 Å². The Balaban J connectivity index is 2.27. The summed E-state index contributed by atoms with van der Waals surface area (Å²) in [5, 5.41) is 13.6. The fraction of sp³-hybridized carbons (Fsp3) is 0.778. The number of hydrogen-bond acceptors (Lipinski definition) is 5. The zero-order valence-corrected chi connectivity index (χ0v) is 9.56. The Morgan fingerprint density at radius 2 is 2.14 bits per heavy atom. The minimum Gasteiger partial charge on any atom is -0.384 e. The number of nitrogens with zero attached hydrogens (tertiary/aromatic N) is 2. The fourth-order valence-electron chi connectivity index (χ4n) is 1.02. The van der Waals surface area contributed by atoms with Crippen molar-refractivity contribution in [2.45, 2.75) is 26.3 Å². The van der Waals surface area contributed by atoms with Crippen LogP contribution in [0.5, 0.6) is 0 Å². The SMILES string of the molecule is CCCNCc1nnc(CCOC)s1. The van der Waals surface area contributed by atoms with Gasteiger partial charge in [-0.1, -0.05) is 6.92 Å². The molecule has 0 aliphatic carbocycles. The van der Waals surface area contributed by atoms with Gasteiger partial charge in [-0.15, -0.1) is 21.5 Å². The molecule has 0 aliphatic rings. The molecule has 0 saturated carbocycles. The smallest absolute Gasteiger partial charge is 0.131 e. The molecule has 0 fully saturated rings. The Kier molecular flexibility index (Phi) is 5.66. The van der Waals surface area contributed by atoms with Crippen LogP contribution in [-0.2, 0) is 17.7 Å². The molecule has 1 aromatic rings. The first kappa shape index (κ1) is 11.6. The average molecular weight is 215 g/mol. The first-order valence-electron chi connectivity index (χ1n) is 4.87. The van der Waals surface area contributed by atoms with Crippen molar-refractivity contribution >= 4 is 11.3 Å². The van der Waals surface area contributed by atoms with Gasteiger partial charge in [0, 0.05) is 20.1 Å². The predicted octanol–water partition coefficient (Wildman–Crippen LogP) is 1.23. The summed E-state index contributed by atoms with van der Waals surface area (Å²) in [7, 11) is 1.70. The van der Waals surface area contributed by atoms with Crippen molar-refractivity contribution in [1.82, 2.24) is 15.5 Å². The van der Waals surface area contributed by atoms with Gasteiger partial charge >= 0.3 is 0 Å². The molecule has 0 bridgehead atoms. The molecule has 0 aromatic carbocycles. The van der Waals surface area contributed by atoms with Gasteiger partial charge in [-0.05, 0) is 13.0 Å². The first-order chi connectivity index (χ1) is 6.86. The van der Waals surface area contributed by atoms with Gasteiger partial charge in [0.25, 0.3) is 0 Å². The minimum absolute atomic E-state index is 0.719. The lowest BCUT2D eigenvalue weighted by Gasteiger charge is -1.96. The van der Waals surface area contributed by atoms with Crippen LogP contribution in [0.4, 0.5) is 0 Å². The van der Waals surface area contributed by atoms with Gasteiger partial charge < -0.3 is 10.1 Å². The third-order valence-corrected chi connectivity index (χ3v) is 2.71. The van der Waals surface area contributed by atoms with E-state index in [-0.39, 0.29) is 0 Å².